The maximum absolute atomic E-state index is 10.8. The topological polar surface area (TPSA) is 55.8 Å². The van der Waals surface area contributed by atoms with Gasteiger partial charge in [-0.1, -0.05) is 5.87 Å². The molecule has 0 aromatic heterocycles. The molecular weight excluding hydrogens is 211 g/mol. The predicted molar refractivity (Wildman–Crippen MR) is 58.0 cm³/mol. The lowest BCUT2D eigenvalue weighted by Gasteiger charge is -2.16. The Balaban J connectivity index is 3.86. The van der Waals surface area contributed by atoms with Crippen molar-refractivity contribution in [3.8, 4) is 0 Å². The van der Waals surface area contributed by atoms with Crippen molar-refractivity contribution >= 4 is 24.0 Å². The fraction of sp³-hybridized carbons (Fsp3) is 0.857. The van der Waals surface area contributed by atoms with Gasteiger partial charge in [0.1, 0.15) is 0 Å². The van der Waals surface area contributed by atoms with Gasteiger partial charge in [0.25, 0.3) is 0 Å². The van der Waals surface area contributed by atoms with Crippen LogP contribution in [0.25, 0.3) is 0 Å². The molecule has 0 aliphatic rings. The van der Waals surface area contributed by atoms with Crippen molar-refractivity contribution in [1.29, 1.82) is 0 Å². The van der Waals surface area contributed by atoms with Crippen LogP contribution in [0.3, 0.4) is 0 Å². The number of methoxy groups -OCH3 is 1. The highest BCUT2D eigenvalue weighted by Crippen LogP contribution is 2.36. The van der Waals surface area contributed by atoms with Gasteiger partial charge in [0.15, 0.2) is 0 Å². The highest BCUT2D eigenvalue weighted by Gasteiger charge is 2.15. The standard InChI is InChI=1S/C7H17O4PS/c1-10-7(6-13(3)4)5-11-12(2,8)9/h7H,3,5-6H2,1-2,4H3,(H,8,9). The summed E-state index contributed by atoms with van der Waals surface area (Å²) in [4.78, 5) is 8.86. The Morgan fingerprint density at radius 3 is 2.54 bits per heavy atom. The first kappa shape index (κ1) is 13.3. The van der Waals surface area contributed by atoms with Crippen molar-refractivity contribution in [1.82, 2.24) is 0 Å². The van der Waals surface area contributed by atoms with Gasteiger partial charge in [-0.2, -0.15) is 10.5 Å². The summed E-state index contributed by atoms with van der Waals surface area (Å²) >= 11 is 0. The highest BCUT2D eigenvalue weighted by molar-refractivity contribution is 8.13. The fourth-order valence-electron chi connectivity index (χ4n) is 0.723. The normalized spacial score (nSPS) is 20.6. The van der Waals surface area contributed by atoms with Crippen LogP contribution in [0.1, 0.15) is 0 Å². The third-order valence-electron chi connectivity index (χ3n) is 1.30. The number of rotatable bonds is 6. The van der Waals surface area contributed by atoms with E-state index in [0.717, 1.165) is 12.4 Å². The first-order chi connectivity index (χ1) is 5.85. The van der Waals surface area contributed by atoms with Crippen molar-refractivity contribution in [2.45, 2.75) is 6.10 Å². The van der Waals surface area contributed by atoms with Crippen LogP contribution < -0.4 is 0 Å². The minimum absolute atomic E-state index is 0.000120. The summed E-state index contributed by atoms with van der Waals surface area (Å²) < 4.78 is 20.6. The molecule has 0 aliphatic carbocycles. The average Bonchev–Trinajstić information content (AvgIpc) is 1.95. The van der Waals surface area contributed by atoms with Crippen LogP contribution in [0.4, 0.5) is 0 Å². The highest BCUT2D eigenvalue weighted by atomic mass is 32.2. The van der Waals surface area contributed by atoms with Gasteiger partial charge in [-0.25, -0.2) is 0 Å². The second-order valence-corrected chi connectivity index (χ2v) is 6.67. The van der Waals surface area contributed by atoms with Crippen molar-refractivity contribution in [2.75, 3.05) is 32.4 Å². The Bertz CT molecular complexity index is 213. The van der Waals surface area contributed by atoms with Gasteiger partial charge in [-0.3, -0.25) is 4.57 Å². The van der Waals surface area contributed by atoms with Crippen LogP contribution in [0, 0.1) is 0 Å². The van der Waals surface area contributed by atoms with Crippen molar-refractivity contribution in [3.05, 3.63) is 0 Å². The molecular formula is C7H17O4PS. The number of hydrogen-bond acceptors (Lipinski definition) is 3. The maximum atomic E-state index is 10.8. The second-order valence-electron chi connectivity index (χ2n) is 2.90. The monoisotopic (exact) mass is 228 g/mol. The van der Waals surface area contributed by atoms with E-state index in [4.69, 9.17) is 14.2 Å². The largest absolute Gasteiger partial charge is 0.378 e. The number of hydrogen-bond donors (Lipinski definition) is 1. The Morgan fingerprint density at radius 2 is 2.23 bits per heavy atom. The fourth-order valence-corrected chi connectivity index (χ4v) is 2.03. The molecule has 0 saturated heterocycles. The van der Waals surface area contributed by atoms with Crippen LogP contribution in [0.15, 0.2) is 0 Å². The maximum Gasteiger partial charge on any atom is 0.325 e. The Labute approximate surface area is 81.7 Å². The molecule has 0 aliphatic heterocycles. The Hall–Kier alpha value is 0.330. The van der Waals surface area contributed by atoms with Gasteiger partial charge in [0.2, 0.25) is 0 Å². The quantitative estimate of drug-likeness (QED) is 0.547. The van der Waals surface area contributed by atoms with E-state index in [1.54, 1.807) is 7.11 Å². The summed E-state index contributed by atoms with van der Waals surface area (Å²) in [5.74, 6) is 4.58. The van der Waals surface area contributed by atoms with Crippen LogP contribution in [0.2, 0.25) is 0 Å². The first-order valence-corrected chi connectivity index (χ1v) is 7.74. The van der Waals surface area contributed by atoms with E-state index in [1.165, 1.54) is 0 Å². The molecule has 0 saturated carbocycles. The van der Waals surface area contributed by atoms with Crippen molar-refractivity contribution < 1.29 is 18.7 Å². The summed E-state index contributed by atoms with van der Waals surface area (Å²) in [6.45, 7) is 1.31. The lowest BCUT2D eigenvalue weighted by atomic mass is 10.4. The Kier molecular flexibility index (Phi) is 6.09. The first-order valence-electron chi connectivity index (χ1n) is 3.75. The average molecular weight is 228 g/mol. The van der Waals surface area contributed by atoms with E-state index in [-0.39, 0.29) is 23.2 Å². The molecule has 0 amide bonds. The smallest absolute Gasteiger partial charge is 0.325 e. The molecule has 13 heavy (non-hydrogen) atoms. The molecule has 3 atom stereocenters. The van der Waals surface area contributed by atoms with Crippen molar-refractivity contribution in [3.63, 3.8) is 0 Å². The van der Waals surface area contributed by atoms with E-state index >= 15 is 0 Å². The van der Waals surface area contributed by atoms with Crippen LogP contribution in [0.5, 0.6) is 0 Å². The minimum Gasteiger partial charge on any atom is -0.378 e. The Morgan fingerprint density at radius 1 is 1.69 bits per heavy atom. The zero-order valence-corrected chi connectivity index (χ0v) is 9.94. The molecule has 0 bridgehead atoms. The lowest BCUT2D eigenvalue weighted by molar-refractivity contribution is 0.0708. The van der Waals surface area contributed by atoms with E-state index < -0.39 is 7.60 Å². The zero-order valence-electron chi connectivity index (χ0n) is 8.23. The molecule has 6 heteroatoms. The van der Waals surface area contributed by atoms with E-state index in [2.05, 4.69) is 5.87 Å². The zero-order chi connectivity index (χ0) is 10.5. The van der Waals surface area contributed by atoms with E-state index in [1.807, 2.05) is 6.26 Å². The summed E-state index contributed by atoms with van der Waals surface area (Å²) in [6, 6.07) is 0. The van der Waals surface area contributed by atoms with Gasteiger partial charge >= 0.3 is 7.60 Å². The van der Waals surface area contributed by atoms with Gasteiger partial charge in [0.05, 0.1) is 12.7 Å². The third-order valence-corrected chi connectivity index (χ3v) is 2.87. The summed E-state index contributed by atoms with van der Waals surface area (Å²) in [5.41, 5.74) is 0. The molecule has 0 spiro atoms. The minimum atomic E-state index is -3.37. The predicted octanol–water partition coefficient (Wildman–Crippen LogP) is 1.16. The van der Waals surface area contributed by atoms with Crippen LogP contribution >= 0.6 is 18.1 Å². The lowest BCUT2D eigenvalue weighted by Crippen LogP contribution is -2.20. The molecule has 0 rings (SSSR count). The van der Waals surface area contributed by atoms with Gasteiger partial charge in [-0.05, 0) is 6.26 Å². The molecule has 0 aromatic carbocycles. The van der Waals surface area contributed by atoms with Crippen molar-refractivity contribution in [2.24, 2.45) is 0 Å². The molecule has 3 unspecified atom stereocenters. The molecule has 1 N–H and O–H groups in total. The molecule has 0 heterocycles. The summed E-state index contributed by atoms with van der Waals surface area (Å²) in [6.07, 6.45) is 1.84. The van der Waals surface area contributed by atoms with Gasteiger partial charge < -0.3 is 14.2 Å². The molecule has 80 valence electrons. The SMILES string of the molecule is C=S(C)CC(COP(C)(=O)O)OC. The number of ether oxygens (including phenoxy) is 1. The van der Waals surface area contributed by atoms with E-state index in [9.17, 15) is 4.57 Å². The molecule has 4 nitrogen and oxygen atoms in total. The van der Waals surface area contributed by atoms with E-state index in [0.29, 0.717) is 0 Å². The summed E-state index contributed by atoms with van der Waals surface area (Å²) in [5, 5.41) is 0. The van der Waals surface area contributed by atoms with Crippen LogP contribution in [-0.4, -0.2) is 49.3 Å². The van der Waals surface area contributed by atoms with Gasteiger partial charge in [-0.15, -0.1) is 0 Å². The molecule has 0 radical (unpaired) electrons. The molecule has 0 fully saturated rings. The third kappa shape index (κ3) is 8.65. The molecule has 0 aromatic rings. The summed E-state index contributed by atoms with van der Waals surface area (Å²) in [7, 11) is -1.82. The van der Waals surface area contributed by atoms with Gasteiger partial charge in [0, 0.05) is 19.5 Å². The second kappa shape index (κ2) is 5.94. The van der Waals surface area contributed by atoms with Crippen LogP contribution in [-0.2, 0) is 13.8 Å².